The molecule has 4 rings (SSSR count). The Morgan fingerprint density at radius 3 is 2.61 bits per heavy atom. The van der Waals surface area contributed by atoms with Crippen LogP contribution < -0.4 is 14.2 Å². The molecule has 0 N–H and O–H groups in total. The Labute approximate surface area is 186 Å². The molecule has 0 aromatic heterocycles. The van der Waals surface area contributed by atoms with Crippen molar-refractivity contribution in [2.45, 2.75) is 6.92 Å². The number of benzene rings is 3. The van der Waals surface area contributed by atoms with E-state index in [1.807, 2.05) is 12.1 Å². The van der Waals surface area contributed by atoms with E-state index < -0.39 is 11.8 Å². The first kappa shape index (κ1) is 20.8. The molecule has 3 aromatic carbocycles. The summed E-state index contributed by atoms with van der Waals surface area (Å²) in [6.45, 7) is 1.68. The predicted octanol–water partition coefficient (Wildman–Crippen LogP) is 5.74. The highest BCUT2D eigenvalue weighted by molar-refractivity contribution is 9.10. The number of fused-ring (bicyclic) bond motifs is 1. The third kappa shape index (κ3) is 4.09. The number of carbonyl (C=O) groups excluding carboxylic acids is 2. The third-order valence-electron chi connectivity index (χ3n) is 4.78. The minimum Gasteiger partial charge on any atom is -0.496 e. The van der Waals surface area contributed by atoms with Gasteiger partial charge in [0.05, 0.1) is 18.2 Å². The van der Waals surface area contributed by atoms with E-state index in [9.17, 15) is 14.0 Å². The van der Waals surface area contributed by atoms with Gasteiger partial charge in [-0.1, -0.05) is 22.0 Å². The van der Waals surface area contributed by atoms with E-state index in [1.165, 1.54) is 30.3 Å². The van der Waals surface area contributed by atoms with Gasteiger partial charge in [-0.25, -0.2) is 9.18 Å². The molecule has 0 aliphatic carbocycles. The van der Waals surface area contributed by atoms with Gasteiger partial charge < -0.3 is 14.2 Å². The molecule has 0 spiro atoms. The second kappa shape index (κ2) is 8.35. The van der Waals surface area contributed by atoms with Crippen LogP contribution in [0.2, 0.25) is 0 Å². The maximum atomic E-state index is 13.4. The molecule has 1 heterocycles. The molecule has 0 bridgehead atoms. The zero-order valence-electron chi connectivity index (χ0n) is 16.6. The Morgan fingerprint density at radius 1 is 1.10 bits per heavy atom. The Hall–Kier alpha value is -3.45. The summed E-state index contributed by atoms with van der Waals surface area (Å²) in [5, 5.41) is 0. The molecule has 0 radical (unpaired) electrons. The fourth-order valence-electron chi connectivity index (χ4n) is 3.21. The average molecular weight is 483 g/mol. The number of halogens is 2. The van der Waals surface area contributed by atoms with Crippen LogP contribution in [0.5, 0.6) is 17.2 Å². The quantitative estimate of drug-likeness (QED) is 0.269. The second-order valence-corrected chi connectivity index (χ2v) is 7.71. The maximum absolute atomic E-state index is 13.4. The minimum atomic E-state index is -0.707. The molecular weight excluding hydrogens is 467 g/mol. The summed E-state index contributed by atoms with van der Waals surface area (Å²) in [6.07, 6.45) is 1.60. The lowest BCUT2D eigenvalue weighted by Gasteiger charge is -2.10. The smallest absolute Gasteiger partial charge is 0.343 e. The van der Waals surface area contributed by atoms with E-state index >= 15 is 0 Å². The van der Waals surface area contributed by atoms with E-state index in [2.05, 4.69) is 15.9 Å². The summed E-state index contributed by atoms with van der Waals surface area (Å²) in [4.78, 5) is 25.2. The van der Waals surface area contributed by atoms with Crippen LogP contribution in [-0.2, 0) is 0 Å². The Kier molecular flexibility index (Phi) is 5.61. The van der Waals surface area contributed by atoms with E-state index in [4.69, 9.17) is 14.2 Å². The first-order chi connectivity index (χ1) is 14.9. The Balaban J connectivity index is 1.64. The lowest BCUT2D eigenvalue weighted by molar-refractivity contribution is 0.0732. The molecule has 0 fully saturated rings. The van der Waals surface area contributed by atoms with Crippen LogP contribution in [0.25, 0.3) is 6.08 Å². The van der Waals surface area contributed by atoms with Gasteiger partial charge in [0.2, 0.25) is 5.78 Å². The van der Waals surface area contributed by atoms with Crippen molar-refractivity contribution in [2.24, 2.45) is 0 Å². The van der Waals surface area contributed by atoms with Gasteiger partial charge in [-0.3, -0.25) is 4.79 Å². The highest BCUT2D eigenvalue weighted by atomic mass is 79.9. The maximum Gasteiger partial charge on any atom is 0.343 e. The van der Waals surface area contributed by atoms with E-state index in [-0.39, 0.29) is 22.9 Å². The van der Waals surface area contributed by atoms with E-state index in [1.54, 1.807) is 26.2 Å². The SMILES string of the molecule is COc1ccc(Br)cc1/C=C1\Oc2c(ccc(OC(=O)c3cccc(F)c3)c2C)C1=O. The van der Waals surface area contributed by atoms with Crippen LogP contribution in [-0.4, -0.2) is 18.9 Å². The fraction of sp³-hybridized carbons (Fsp3) is 0.0833. The van der Waals surface area contributed by atoms with Gasteiger partial charge in [0.15, 0.2) is 5.76 Å². The molecule has 7 heteroatoms. The van der Waals surface area contributed by atoms with Crippen LogP contribution in [0.15, 0.2) is 64.8 Å². The van der Waals surface area contributed by atoms with Crippen molar-refractivity contribution in [1.29, 1.82) is 0 Å². The van der Waals surface area contributed by atoms with Gasteiger partial charge in [0.1, 0.15) is 23.1 Å². The Bertz CT molecular complexity index is 1250. The molecule has 0 unspecified atom stereocenters. The molecular formula is C24H16BrFO5. The number of Topliss-reactive ketones (excluding diaryl/α,β-unsaturated/α-hetero) is 1. The number of allylic oxidation sites excluding steroid dienone is 1. The van der Waals surface area contributed by atoms with Gasteiger partial charge in [0, 0.05) is 15.6 Å². The number of hydrogen-bond acceptors (Lipinski definition) is 5. The van der Waals surface area contributed by atoms with E-state index in [0.29, 0.717) is 28.2 Å². The van der Waals surface area contributed by atoms with Gasteiger partial charge >= 0.3 is 5.97 Å². The third-order valence-corrected chi connectivity index (χ3v) is 5.27. The molecule has 31 heavy (non-hydrogen) atoms. The first-order valence-corrected chi connectivity index (χ1v) is 10.1. The van der Waals surface area contributed by atoms with Gasteiger partial charge in [-0.2, -0.15) is 0 Å². The molecule has 1 aliphatic heterocycles. The summed E-state index contributed by atoms with van der Waals surface area (Å²) < 4.78 is 30.8. The first-order valence-electron chi connectivity index (χ1n) is 9.26. The largest absolute Gasteiger partial charge is 0.496 e. The zero-order valence-corrected chi connectivity index (χ0v) is 18.2. The molecule has 0 saturated carbocycles. The van der Waals surface area contributed by atoms with Gasteiger partial charge in [-0.15, -0.1) is 0 Å². The van der Waals surface area contributed by atoms with Crippen molar-refractivity contribution >= 4 is 33.8 Å². The summed E-state index contributed by atoms with van der Waals surface area (Å²) in [6, 6.07) is 13.7. The number of carbonyl (C=O) groups is 2. The lowest BCUT2D eigenvalue weighted by Crippen LogP contribution is -2.09. The molecule has 0 amide bonds. The summed E-state index contributed by atoms with van der Waals surface area (Å²) in [7, 11) is 1.54. The van der Waals surface area contributed by atoms with Crippen molar-refractivity contribution in [2.75, 3.05) is 7.11 Å². The van der Waals surface area contributed by atoms with Crippen molar-refractivity contribution < 1.29 is 28.2 Å². The summed E-state index contributed by atoms with van der Waals surface area (Å²) in [5.74, 6) is -0.277. The summed E-state index contributed by atoms with van der Waals surface area (Å²) >= 11 is 3.40. The highest BCUT2D eigenvalue weighted by Crippen LogP contribution is 2.40. The number of ether oxygens (including phenoxy) is 3. The van der Waals surface area contributed by atoms with Gasteiger partial charge in [-0.05, 0) is 61.5 Å². The highest BCUT2D eigenvalue weighted by Gasteiger charge is 2.31. The fourth-order valence-corrected chi connectivity index (χ4v) is 3.59. The molecule has 1 aliphatic rings. The van der Waals surface area contributed by atoms with Crippen LogP contribution in [0, 0.1) is 12.7 Å². The van der Waals surface area contributed by atoms with Crippen molar-refractivity contribution in [3.05, 3.63) is 92.9 Å². The number of ketones is 1. The second-order valence-electron chi connectivity index (χ2n) is 6.79. The number of hydrogen-bond donors (Lipinski definition) is 0. The topological polar surface area (TPSA) is 61.8 Å². The Morgan fingerprint density at radius 2 is 1.87 bits per heavy atom. The predicted molar refractivity (Wildman–Crippen MR) is 116 cm³/mol. The molecule has 3 aromatic rings. The number of esters is 1. The van der Waals surface area contributed by atoms with Crippen molar-refractivity contribution in [3.8, 4) is 17.2 Å². The molecule has 0 saturated heterocycles. The van der Waals surface area contributed by atoms with Crippen LogP contribution in [0.1, 0.15) is 31.8 Å². The number of rotatable bonds is 4. The van der Waals surface area contributed by atoms with Crippen LogP contribution >= 0.6 is 15.9 Å². The number of methoxy groups -OCH3 is 1. The molecule has 156 valence electrons. The monoisotopic (exact) mass is 482 g/mol. The van der Waals surface area contributed by atoms with Crippen molar-refractivity contribution in [1.82, 2.24) is 0 Å². The van der Waals surface area contributed by atoms with Crippen molar-refractivity contribution in [3.63, 3.8) is 0 Å². The molecule has 0 atom stereocenters. The summed E-state index contributed by atoms with van der Waals surface area (Å²) in [5.41, 5.74) is 1.60. The van der Waals surface area contributed by atoms with Crippen LogP contribution in [0.4, 0.5) is 4.39 Å². The van der Waals surface area contributed by atoms with Gasteiger partial charge in [0.25, 0.3) is 0 Å². The average Bonchev–Trinajstić information content (AvgIpc) is 3.06. The van der Waals surface area contributed by atoms with Crippen LogP contribution in [0.3, 0.4) is 0 Å². The zero-order chi connectivity index (χ0) is 22.1. The standard InChI is InChI=1S/C24H16BrFO5/c1-13-19(31-24(28)14-4-3-5-17(26)11-14)9-7-18-22(27)21(30-23(13)18)12-15-10-16(25)6-8-20(15)29-2/h3-12H,1-2H3/b21-12-. The minimum absolute atomic E-state index is 0.0826. The normalized spacial score (nSPS) is 13.7. The lowest BCUT2D eigenvalue weighted by atomic mass is 10.1. The van der Waals surface area contributed by atoms with E-state index in [0.717, 1.165) is 10.5 Å². The molecule has 5 nitrogen and oxygen atoms in total.